The lowest BCUT2D eigenvalue weighted by atomic mass is 10.3. The number of hydrogen-bond acceptors (Lipinski definition) is 3. The Bertz CT molecular complexity index is 433. The molecule has 0 radical (unpaired) electrons. The number of amides is 1. The van der Waals surface area contributed by atoms with Gasteiger partial charge in [-0.15, -0.1) is 0 Å². The molecule has 6 heteroatoms. The van der Waals surface area contributed by atoms with Gasteiger partial charge in [0.25, 0.3) is 5.56 Å². The Morgan fingerprint density at radius 2 is 2.28 bits per heavy atom. The first kappa shape index (κ1) is 14.9. The lowest BCUT2D eigenvalue weighted by molar-refractivity contribution is -0.121. The summed E-state index contributed by atoms with van der Waals surface area (Å²) in [6.45, 7) is 0.334. The van der Waals surface area contributed by atoms with Crippen LogP contribution in [0.15, 0.2) is 29.2 Å². The van der Waals surface area contributed by atoms with E-state index in [-0.39, 0.29) is 24.6 Å². The van der Waals surface area contributed by atoms with Crippen LogP contribution >= 0.6 is 15.9 Å². The van der Waals surface area contributed by atoms with E-state index in [2.05, 4.69) is 21.2 Å². The number of aliphatic hydroxyl groups excluding tert-OH is 1. The minimum absolute atomic E-state index is 0.0890. The van der Waals surface area contributed by atoms with Gasteiger partial charge in [-0.05, 0) is 12.5 Å². The Kier molecular flexibility index (Phi) is 6.67. The Morgan fingerprint density at radius 1 is 1.50 bits per heavy atom. The standard InChI is InChI=1S/C12H17BrN2O3/c13-6-3-4-11(17)14-8-10(16)9-15-7-2-1-5-12(15)18/h1-2,5,7,10,16H,3-4,6,8-9H2,(H,14,17). The zero-order valence-corrected chi connectivity index (χ0v) is 11.6. The molecule has 1 amide bonds. The fourth-order valence-corrected chi connectivity index (χ4v) is 1.73. The Morgan fingerprint density at radius 3 is 2.94 bits per heavy atom. The highest BCUT2D eigenvalue weighted by Gasteiger charge is 2.08. The molecular formula is C12H17BrN2O3. The number of pyridine rings is 1. The van der Waals surface area contributed by atoms with Gasteiger partial charge in [-0.1, -0.05) is 22.0 Å². The first-order valence-corrected chi connectivity index (χ1v) is 6.92. The zero-order valence-electron chi connectivity index (χ0n) is 10.0. The molecule has 0 spiro atoms. The maximum Gasteiger partial charge on any atom is 0.250 e. The number of rotatable bonds is 7. The highest BCUT2D eigenvalue weighted by molar-refractivity contribution is 9.09. The quantitative estimate of drug-likeness (QED) is 0.720. The van der Waals surface area contributed by atoms with Gasteiger partial charge >= 0.3 is 0 Å². The van der Waals surface area contributed by atoms with Crippen molar-refractivity contribution < 1.29 is 9.90 Å². The first-order valence-electron chi connectivity index (χ1n) is 5.79. The SMILES string of the molecule is O=C(CCCBr)NCC(O)Cn1ccccc1=O. The number of hydrogen-bond donors (Lipinski definition) is 2. The summed E-state index contributed by atoms with van der Waals surface area (Å²) in [6.07, 6.45) is 2.04. The molecule has 0 saturated carbocycles. The van der Waals surface area contributed by atoms with Crippen LogP contribution in [0, 0.1) is 0 Å². The van der Waals surface area contributed by atoms with Crippen LogP contribution in [0.4, 0.5) is 0 Å². The van der Waals surface area contributed by atoms with Gasteiger partial charge in [-0.2, -0.15) is 0 Å². The molecule has 0 bridgehead atoms. The van der Waals surface area contributed by atoms with Gasteiger partial charge in [0, 0.05) is 30.6 Å². The van der Waals surface area contributed by atoms with Crippen molar-refractivity contribution in [3.05, 3.63) is 34.7 Å². The maximum absolute atomic E-state index is 11.4. The van der Waals surface area contributed by atoms with Gasteiger partial charge in [0.05, 0.1) is 12.6 Å². The van der Waals surface area contributed by atoms with E-state index < -0.39 is 6.10 Å². The summed E-state index contributed by atoms with van der Waals surface area (Å²) in [5.41, 5.74) is -0.165. The maximum atomic E-state index is 11.4. The van der Waals surface area contributed by atoms with E-state index in [0.29, 0.717) is 6.42 Å². The lowest BCUT2D eigenvalue weighted by Gasteiger charge is -2.13. The molecular weight excluding hydrogens is 300 g/mol. The second kappa shape index (κ2) is 8.05. The van der Waals surface area contributed by atoms with E-state index >= 15 is 0 Å². The van der Waals surface area contributed by atoms with E-state index in [4.69, 9.17) is 0 Å². The van der Waals surface area contributed by atoms with Crippen molar-refractivity contribution in [2.24, 2.45) is 0 Å². The van der Waals surface area contributed by atoms with Crippen molar-refractivity contribution >= 4 is 21.8 Å². The highest BCUT2D eigenvalue weighted by atomic mass is 79.9. The lowest BCUT2D eigenvalue weighted by Crippen LogP contribution is -2.36. The molecule has 2 N–H and O–H groups in total. The van der Waals surface area contributed by atoms with Gasteiger partial charge in [0.15, 0.2) is 0 Å². The smallest absolute Gasteiger partial charge is 0.250 e. The molecule has 1 aromatic rings. The topological polar surface area (TPSA) is 71.3 Å². The number of alkyl halides is 1. The number of halogens is 1. The predicted octanol–water partition coefficient (Wildman–Crippen LogP) is 0.500. The molecule has 0 aromatic carbocycles. The summed E-state index contributed by atoms with van der Waals surface area (Å²) in [7, 11) is 0. The summed E-state index contributed by atoms with van der Waals surface area (Å²) in [5, 5.41) is 13.1. The summed E-state index contributed by atoms with van der Waals surface area (Å²) in [6, 6.07) is 4.80. The molecule has 1 heterocycles. The number of carbonyl (C=O) groups excluding carboxylic acids is 1. The molecule has 1 unspecified atom stereocenters. The Balaban J connectivity index is 2.34. The predicted molar refractivity (Wildman–Crippen MR) is 72.7 cm³/mol. The van der Waals surface area contributed by atoms with Crippen LogP contribution in [-0.2, 0) is 11.3 Å². The van der Waals surface area contributed by atoms with Gasteiger partial charge in [0.1, 0.15) is 0 Å². The number of carbonyl (C=O) groups is 1. The molecule has 1 aromatic heterocycles. The second-order valence-electron chi connectivity index (χ2n) is 3.94. The molecule has 1 atom stereocenters. The zero-order chi connectivity index (χ0) is 13.4. The Hall–Kier alpha value is -1.14. The monoisotopic (exact) mass is 316 g/mol. The van der Waals surface area contributed by atoms with Crippen LogP contribution in [0.1, 0.15) is 12.8 Å². The van der Waals surface area contributed by atoms with Crippen LogP contribution in [0.25, 0.3) is 0 Å². The summed E-state index contributed by atoms with van der Waals surface area (Å²) in [5.74, 6) is -0.0890. The molecule has 18 heavy (non-hydrogen) atoms. The molecule has 0 aliphatic carbocycles. The highest BCUT2D eigenvalue weighted by Crippen LogP contribution is 1.94. The van der Waals surface area contributed by atoms with Crippen molar-refractivity contribution in [3.8, 4) is 0 Å². The largest absolute Gasteiger partial charge is 0.389 e. The van der Waals surface area contributed by atoms with Gasteiger partial charge in [0.2, 0.25) is 5.91 Å². The molecule has 5 nitrogen and oxygen atoms in total. The van der Waals surface area contributed by atoms with Crippen molar-refractivity contribution in [3.63, 3.8) is 0 Å². The van der Waals surface area contributed by atoms with Crippen LogP contribution in [-0.4, -0.2) is 33.6 Å². The number of nitrogens with one attached hydrogen (secondary N) is 1. The molecule has 0 fully saturated rings. The van der Waals surface area contributed by atoms with E-state index in [1.54, 1.807) is 18.3 Å². The van der Waals surface area contributed by atoms with Crippen molar-refractivity contribution in [2.75, 3.05) is 11.9 Å². The minimum Gasteiger partial charge on any atom is -0.389 e. The molecule has 1 rings (SSSR count). The molecule has 100 valence electrons. The second-order valence-corrected chi connectivity index (χ2v) is 4.73. The molecule has 0 aliphatic heterocycles. The van der Waals surface area contributed by atoms with E-state index in [9.17, 15) is 14.7 Å². The number of nitrogens with zero attached hydrogens (tertiary/aromatic N) is 1. The minimum atomic E-state index is -0.766. The fourth-order valence-electron chi connectivity index (χ4n) is 1.45. The molecule has 0 saturated heterocycles. The average Bonchev–Trinajstić information content (AvgIpc) is 2.36. The van der Waals surface area contributed by atoms with Crippen LogP contribution in [0.3, 0.4) is 0 Å². The summed E-state index contributed by atoms with van der Waals surface area (Å²) < 4.78 is 1.41. The van der Waals surface area contributed by atoms with Gasteiger partial charge in [-0.25, -0.2) is 0 Å². The van der Waals surface area contributed by atoms with Gasteiger partial charge < -0.3 is 15.0 Å². The third-order valence-electron chi connectivity index (χ3n) is 2.38. The third kappa shape index (κ3) is 5.46. The van der Waals surface area contributed by atoms with E-state index in [1.165, 1.54) is 10.6 Å². The first-order chi connectivity index (χ1) is 8.63. The van der Waals surface area contributed by atoms with Gasteiger partial charge in [-0.3, -0.25) is 9.59 Å². The van der Waals surface area contributed by atoms with Crippen molar-refractivity contribution in [2.45, 2.75) is 25.5 Å². The van der Waals surface area contributed by atoms with E-state index in [1.807, 2.05) is 0 Å². The summed E-state index contributed by atoms with van der Waals surface area (Å²) >= 11 is 3.24. The van der Waals surface area contributed by atoms with Crippen molar-refractivity contribution in [1.82, 2.24) is 9.88 Å². The third-order valence-corrected chi connectivity index (χ3v) is 2.94. The molecule has 0 aliphatic rings. The van der Waals surface area contributed by atoms with Crippen molar-refractivity contribution in [1.29, 1.82) is 0 Å². The van der Waals surface area contributed by atoms with E-state index in [0.717, 1.165) is 11.8 Å². The van der Waals surface area contributed by atoms with Crippen LogP contribution in [0.2, 0.25) is 0 Å². The average molecular weight is 317 g/mol. The van der Waals surface area contributed by atoms with Crippen LogP contribution < -0.4 is 10.9 Å². The normalized spacial score (nSPS) is 12.1. The number of aliphatic hydroxyl groups is 1. The Labute approximate surface area is 114 Å². The summed E-state index contributed by atoms with van der Waals surface area (Å²) in [4.78, 5) is 22.7. The number of aromatic nitrogens is 1. The fraction of sp³-hybridized carbons (Fsp3) is 0.500. The van der Waals surface area contributed by atoms with Crippen LogP contribution in [0.5, 0.6) is 0 Å².